The van der Waals surface area contributed by atoms with Gasteiger partial charge in [0.1, 0.15) is 5.75 Å². The zero-order valence-electron chi connectivity index (χ0n) is 12.5. The first-order chi connectivity index (χ1) is 10.3. The third-order valence-corrected chi connectivity index (χ3v) is 3.06. The third-order valence-electron chi connectivity index (χ3n) is 3.06. The van der Waals surface area contributed by atoms with Gasteiger partial charge in [-0.15, -0.1) is 0 Å². The van der Waals surface area contributed by atoms with Gasteiger partial charge in [0.05, 0.1) is 18.6 Å². The van der Waals surface area contributed by atoms with Crippen LogP contribution >= 0.6 is 0 Å². The number of para-hydroxylation sites is 1. The van der Waals surface area contributed by atoms with E-state index in [2.05, 4.69) is 0 Å². The molecule has 22 heavy (non-hydrogen) atoms. The number of rotatable bonds is 8. The number of benzene rings is 1. The van der Waals surface area contributed by atoms with E-state index >= 15 is 0 Å². The van der Waals surface area contributed by atoms with Crippen molar-refractivity contribution in [3.8, 4) is 5.75 Å². The Hall–Kier alpha value is -2.18. The number of nitrogens with zero attached hydrogens (tertiary/aromatic N) is 1. The highest BCUT2D eigenvalue weighted by Crippen LogP contribution is 2.36. The van der Waals surface area contributed by atoms with E-state index < -0.39 is 23.4 Å². The highest BCUT2D eigenvalue weighted by molar-refractivity contribution is 5.86. The Labute approximate surface area is 127 Å². The molecule has 5 nitrogen and oxygen atoms in total. The Morgan fingerprint density at radius 2 is 1.91 bits per heavy atom. The molecule has 7 heteroatoms. The summed E-state index contributed by atoms with van der Waals surface area (Å²) in [6.07, 6.45) is -0.386. The van der Waals surface area contributed by atoms with Crippen LogP contribution in [0, 0.1) is 0 Å². The fourth-order valence-corrected chi connectivity index (χ4v) is 1.96. The van der Waals surface area contributed by atoms with Crippen LogP contribution in [0.5, 0.6) is 5.75 Å². The van der Waals surface area contributed by atoms with E-state index in [9.17, 15) is 18.4 Å². The Morgan fingerprint density at radius 3 is 2.45 bits per heavy atom. The molecule has 0 aliphatic heterocycles. The number of hydrogen-bond acceptors (Lipinski definition) is 3. The van der Waals surface area contributed by atoms with Crippen molar-refractivity contribution in [2.75, 3.05) is 19.7 Å². The quantitative estimate of drug-likeness (QED) is 0.800. The fraction of sp³-hybridized carbons (Fsp3) is 0.467. The maximum atomic E-state index is 14.5. The zero-order chi connectivity index (χ0) is 16.8. The van der Waals surface area contributed by atoms with Gasteiger partial charge in [0.25, 0.3) is 5.91 Å². The largest absolute Gasteiger partial charge is 0.493 e. The van der Waals surface area contributed by atoms with Crippen LogP contribution in [0.1, 0.15) is 25.8 Å². The van der Waals surface area contributed by atoms with Crippen LogP contribution in [0.2, 0.25) is 0 Å². The topological polar surface area (TPSA) is 66.8 Å². The maximum Gasteiger partial charge on any atom is 0.353 e. The van der Waals surface area contributed by atoms with Crippen LogP contribution < -0.4 is 4.74 Å². The highest BCUT2D eigenvalue weighted by atomic mass is 19.3. The van der Waals surface area contributed by atoms with E-state index in [1.807, 2.05) is 0 Å². The minimum atomic E-state index is -3.78. The van der Waals surface area contributed by atoms with Gasteiger partial charge in [-0.1, -0.05) is 12.1 Å². The number of halogens is 2. The number of carbonyl (C=O) groups excluding carboxylic acids is 1. The molecule has 0 saturated heterocycles. The van der Waals surface area contributed by atoms with E-state index in [-0.39, 0.29) is 31.9 Å². The van der Waals surface area contributed by atoms with Crippen molar-refractivity contribution in [2.24, 2.45) is 0 Å². The molecule has 1 amide bonds. The molecule has 0 saturated carbocycles. The Balaban J connectivity index is 3.05. The lowest BCUT2D eigenvalue weighted by Gasteiger charge is -2.26. The summed E-state index contributed by atoms with van der Waals surface area (Å²) in [7, 11) is 0. The first-order valence-corrected chi connectivity index (χ1v) is 6.95. The number of alkyl halides is 2. The lowest BCUT2D eigenvalue weighted by Crippen LogP contribution is -2.43. The maximum absolute atomic E-state index is 14.5. The second kappa shape index (κ2) is 7.72. The smallest absolute Gasteiger partial charge is 0.353 e. The minimum absolute atomic E-state index is 0.00148. The molecule has 1 rings (SSSR count). The molecule has 0 bridgehead atoms. The molecule has 1 aromatic carbocycles. The van der Waals surface area contributed by atoms with Crippen molar-refractivity contribution in [3.05, 3.63) is 29.8 Å². The van der Waals surface area contributed by atoms with E-state index in [1.165, 1.54) is 25.1 Å². The average molecular weight is 315 g/mol. The Bertz CT molecular complexity index is 534. The molecule has 0 fully saturated rings. The molecule has 0 spiro atoms. The van der Waals surface area contributed by atoms with Gasteiger partial charge in [-0.3, -0.25) is 9.59 Å². The summed E-state index contributed by atoms with van der Waals surface area (Å²) < 4.78 is 34.1. The highest BCUT2D eigenvalue weighted by Gasteiger charge is 2.45. The molecule has 122 valence electrons. The molecule has 0 unspecified atom stereocenters. The summed E-state index contributed by atoms with van der Waals surface area (Å²) >= 11 is 0. The summed E-state index contributed by atoms with van der Waals surface area (Å²) in [5.41, 5.74) is -0.518. The molecule has 0 aromatic heterocycles. The predicted molar refractivity (Wildman–Crippen MR) is 76.0 cm³/mol. The van der Waals surface area contributed by atoms with Gasteiger partial charge in [0.15, 0.2) is 0 Å². The van der Waals surface area contributed by atoms with Gasteiger partial charge >= 0.3 is 11.9 Å². The number of hydrogen-bond donors (Lipinski definition) is 1. The number of carboxylic acids is 1. The number of likely N-dealkylation sites (N-methyl/N-ethyl adjacent to an activating group) is 1. The second-order valence-corrected chi connectivity index (χ2v) is 4.53. The summed E-state index contributed by atoms with van der Waals surface area (Å²) in [4.78, 5) is 23.5. The predicted octanol–water partition coefficient (Wildman–Crippen LogP) is 2.50. The Morgan fingerprint density at radius 1 is 1.27 bits per heavy atom. The number of ether oxygens (including phenoxy) is 1. The molecular weight excluding hydrogens is 296 g/mol. The molecule has 0 atom stereocenters. The molecular formula is C15H19F2NO4. The van der Waals surface area contributed by atoms with Gasteiger partial charge < -0.3 is 14.7 Å². The first kappa shape index (κ1) is 17.9. The summed E-state index contributed by atoms with van der Waals surface area (Å²) in [5, 5.41) is 8.63. The lowest BCUT2D eigenvalue weighted by molar-refractivity contribution is -0.159. The third kappa shape index (κ3) is 4.16. The normalized spacial score (nSPS) is 11.1. The molecule has 0 radical (unpaired) electrons. The van der Waals surface area contributed by atoms with Crippen LogP contribution in [0.25, 0.3) is 0 Å². The summed E-state index contributed by atoms with van der Waals surface area (Å²) in [6.45, 7) is 3.10. The van der Waals surface area contributed by atoms with E-state index in [0.717, 1.165) is 11.0 Å². The van der Waals surface area contributed by atoms with Crippen molar-refractivity contribution < 1.29 is 28.2 Å². The molecule has 0 aliphatic carbocycles. The number of carbonyl (C=O) groups is 2. The van der Waals surface area contributed by atoms with Crippen molar-refractivity contribution >= 4 is 11.9 Å². The number of amides is 1. The number of carboxylic acid groups (broad SMARTS) is 1. The van der Waals surface area contributed by atoms with E-state index in [4.69, 9.17) is 9.84 Å². The molecule has 1 aromatic rings. The van der Waals surface area contributed by atoms with Crippen LogP contribution in [-0.2, 0) is 15.5 Å². The SMILES string of the molecule is CCOc1ccccc1C(F)(F)C(=O)N(CC)CCC(=O)O. The fourth-order valence-electron chi connectivity index (χ4n) is 1.96. The lowest BCUT2D eigenvalue weighted by atomic mass is 10.1. The monoisotopic (exact) mass is 315 g/mol. The van der Waals surface area contributed by atoms with Crippen molar-refractivity contribution in [1.82, 2.24) is 4.90 Å². The summed E-state index contributed by atoms with van der Waals surface area (Å²) in [6, 6.07) is 5.44. The second-order valence-electron chi connectivity index (χ2n) is 4.53. The zero-order valence-corrected chi connectivity index (χ0v) is 12.5. The average Bonchev–Trinajstić information content (AvgIpc) is 2.48. The molecule has 0 heterocycles. The van der Waals surface area contributed by atoms with Crippen molar-refractivity contribution in [2.45, 2.75) is 26.2 Å². The van der Waals surface area contributed by atoms with Crippen molar-refractivity contribution in [3.63, 3.8) is 0 Å². The van der Waals surface area contributed by atoms with Gasteiger partial charge in [-0.05, 0) is 26.0 Å². The number of aliphatic carboxylic acids is 1. The van der Waals surface area contributed by atoms with Crippen molar-refractivity contribution in [1.29, 1.82) is 0 Å². The van der Waals surface area contributed by atoms with Crippen LogP contribution in [0.15, 0.2) is 24.3 Å². The Kier molecular flexibility index (Phi) is 6.27. The van der Waals surface area contributed by atoms with E-state index in [1.54, 1.807) is 6.92 Å². The molecule has 1 N–H and O–H groups in total. The van der Waals surface area contributed by atoms with Crippen LogP contribution in [0.4, 0.5) is 8.78 Å². The summed E-state index contributed by atoms with van der Waals surface area (Å²) in [5.74, 6) is -6.41. The van der Waals surface area contributed by atoms with Gasteiger partial charge in [-0.25, -0.2) is 0 Å². The van der Waals surface area contributed by atoms with Crippen LogP contribution in [0.3, 0.4) is 0 Å². The first-order valence-electron chi connectivity index (χ1n) is 6.95. The van der Waals surface area contributed by atoms with Gasteiger partial charge in [0.2, 0.25) is 0 Å². The minimum Gasteiger partial charge on any atom is -0.493 e. The standard InChI is InChI=1S/C15H19F2NO4/c1-3-18(10-9-13(19)20)14(21)15(16,17)11-7-5-6-8-12(11)22-4-2/h5-8H,3-4,9-10H2,1-2H3,(H,19,20). The van der Waals surface area contributed by atoms with E-state index in [0.29, 0.717) is 0 Å². The van der Waals surface area contributed by atoms with Gasteiger partial charge in [-0.2, -0.15) is 8.78 Å². The van der Waals surface area contributed by atoms with Gasteiger partial charge in [0, 0.05) is 13.1 Å². The molecule has 0 aliphatic rings. The van der Waals surface area contributed by atoms with Crippen LogP contribution in [-0.4, -0.2) is 41.6 Å².